The van der Waals surface area contributed by atoms with E-state index in [-0.39, 0.29) is 0 Å². The van der Waals surface area contributed by atoms with E-state index in [0.717, 1.165) is 9.95 Å². The van der Waals surface area contributed by atoms with E-state index in [1.165, 1.54) is 0 Å². The number of hydrogen-bond donors (Lipinski definition) is 1. The summed E-state index contributed by atoms with van der Waals surface area (Å²) in [4.78, 5) is 22.9. The van der Waals surface area contributed by atoms with Crippen LogP contribution in [-0.2, 0) is 6.42 Å². The van der Waals surface area contributed by atoms with Crippen LogP contribution in [0.3, 0.4) is 0 Å². The topological polar surface area (TPSA) is 59.3 Å². The number of aryl methyl sites for hydroxylation is 1. The van der Waals surface area contributed by atoms with Crippen molar-refractivity contribution in [2.75, 3.05) is 0 Å². The first-order valence-electron chi connectivity index (χ1n) is 5.02. The predicted molar refractivity (Wildman–Crippen MR) is 61.0 cm³/mol. The Morgan fingerprint density at radius 2 is 2.06 bits per heavy atom. The molecule has 0 spiro atoms. The van der Waals surface area contributed by atoms with Gasteiger partial charge in [0.05, 0.1) is 5.52 Å². The molecule has 0 aliphatic rings. The van der Waals surface area contributed by atoms with Crippen molar-refractivity contribution in [3.8, 4) is 0 Å². The zero-order valence-corrected chi connectivity index (χ0v) is 8.80. The first-order valence-corrected chi connectivity index (χ1v) is 5.02. The number of carboxylic acid groups (broad SMARTS) is 1. The van der Waals surface area contributed by atoms with Crippen molar-refractivity contribution in [2.45, 2.75) is 13.3 Å². The number of benzene rings is 1. The van der Waals surface area contributed by atoms with Crippen LogP contribution in [0.25, 0.3) is 10.9 Å². The van der Waals surface area contributed by atoms with Crippen molar-refractivity contribution in [3.05, 3.63) is 46.2 Å². The SMILES string of the molecule is CCc1cc2ccccc2n(C(=O)O)c1=O. The molecular weight excluding hydrogens is 206 g/mol. The van der Waals surface area contributed by atoms with Crippen molar-refractivity contribution in [3.63, 3.8) is 0 Å². The van der Waals surface area contributed by atoms with Crippen LogP contribution in [0.2, 0.25) is 0 Å². The summed E-state index contributed by atoms with van der Waals surface area (Å²) in [5, 5.41) is 9.81. The van der Waals surface area contributed by atoms with Gasteiger partial charge in [-0.2, -0.15) is 0 Å². The van der Waals surface area contributed by atoms with Gasteiger partial charge in [0.15, 0.2) is 0 Å². The highest BCUT2D eigenvalue weighted by Gasteiger charge is 2.12. The molecule has 1 N–H and O–H groups in total. The van der Waals surface area contributed by atoms with Crippen molar-refractivity contribution in [2.24, 2.45) is 0 Å². The second kappa shape index (κ2) is 3.81. The number of para-hydroxylation sites is 1. The van der Waals surface area contributed by atoms with Crippen LogP contribution in [0.5, 0.6) is 0 Å². The highest BCUT2D eigenvalue weighted by molar-refractivity contribution is 5.87. The number of carbonyl (C=O) groups is 1. The van der Waals surface area contributed by atoms with Gasteiger partial charge in [-0.1, -0.05) is 25.1 Å². The Bertz CT molecular complexity index is 613. The summed E-state index contributed by atoms with van der Waals surface area (Å²) in [6.07, 6.45) is -0.715. The van der Waals surface area contributed by atoms with Crippen LogP contribution in [0.1, 0.15) is 12.5 Å². The summed E-state index contributed by atoms with van der Waals surface area (Å²) >= 11 is 0. The molecule has 16 heavy (non-hydrogen) atoms. The van der Waals surface area contributed by atoms with Gasteiger partial charge in [0.1, 0.15) is 0 Å². The summed E-state index contributed by atoms with van der Waals surface area (Å²) in [6.45, 7) is 1.83. The number of hydrogen-bond acceptors (Lipinski definition) is 2. The van der Waals surface area contributed by atoms with E-state index in [1.54, 1.807) is 24.3 Å². The highest BCUT2D eigenvalue weighted by Crippen LogP contribution is 2.13. The number of nitrogens with zero attached hydrogens (tertiary/aromatic N) is 1. The number of aromatic nitrogens is 1. The van der Waals surface area contributed by atoms with Crippen LogP contribution in [-0.4, -0.2) is 15.8 Å². The average molecular weight is 217 g/mol. The van der Waals surface area contributed by atoms with Crippen LogP contribution in [0.4, 0.5) is 4.79 Å². The molecule has 4 heteroatoms. The lowest BCUT2D eigenvalue weighted by Gasteiger charge is -2.07. The molecule has 0 aliphatic carbocycles. The molecular formula is C12H11NO3. The van der Waals surface area contributed by atoms with E-state index in [9.17, 15) is 9.59 Å². The fourth-order valence-corrected chi connectivity index (χ4v) is 1.76. The molecule has 0 saturated carbocycles. The third-order valence-electron chi connectivity index (χ3n) is 2.56. The Hall–Kier alpha value is -2.10. The van der Waals surface area contributed by atoms with E-state index in [0.29, 0.717) is 17.5 Å². The van der Waals surface area contributed by atoms with Crippen LogP contribution in [0.15, 0.2) is 35.1 Å². The largest absolute Gasteiger partial charge is 0.464 e. The van der Waals surface area contributed by atoms with Crippen LogP contribution < -0.4 is 5.56 Å². The Morgan fingerprint density at radius 1 is 1.38 bits per heavy atom. The van der Waals surface area contributed by atoms with E-state index in [1.807, 2.05) is 13.0 Å². The Balaban J connectivity index is 2.97. The second-order valence-electron chi connectivity index (χ2n) is 3.51. The van der Waals surface area contributed by atoms with E-state index in [4.69, 9.17) is 5.11 Å². The lowest BCUT2D eigenvalue weighted by Crippen LogP contribution is -2.28. The van der Waals surface area contributed by atoms with Crippen molar-refractivity contribution in [1.29, 1.82) is 0 Å². The third kappa shape index (κ3) is 1.48. The molecule has 2 rings (SSSR count). The molecule has 4 nitrogen and oxygen atoms in total. The van der Waals surface area contributed by atoms with Gasteiger partial charge in [-0.05, 0) is 23.9 Å². The van der Waals surface area contributed by atoms with Gasteiger partial charge in [0.25, 0.3) is 5.56 Å². The lowest BCUT2D eigenvalue weighted by molar-refractivity contribution is 0.196. The van der Waals surface area contributed by atoms with Gasteiger partial charge in [-0.3, -0.25) is 4.79 Å². The number of rotatable bonds is 1. The second-order valence-corrected chi connectivity index (χ2v) is 3.51. The molecule has 0 saturated heterocycles. The maximum atomic E-state index is 11.8. The van der Waals surface area contributed by atoms with E-state index in [2.05, 4.69) is 0 Å². The quantitative estimate of drug-likeness (QED) is 0.795. The van der Waals surface area contributed by atoms with E-state index >= 15 is 0 Å². The van der Waals surface area contributed by atoms with E-state index < -0.39 is 11.7 Å². The van der Waals surface area contributed by atoms with Crippen molar-refractivity contribution in [1.82, 2.24) is 4.57 Å². The molecule has 1 heterocycles. The Kier molecular flexibility index (Phi) is 2.48. The predicted octanol–water partition coefficient (Wildman–Crippen LogP) is 2.09. The van der Waals surface area contributed by atoms with Gasteiger partial charge in [0.2, 0.25) is 0 Å². The first kappa shape index (κ1) is 10.4. The molecule has 0 unspecified atom stereocenters. The monoisotopic (exact) mass is 217 g/mol. The van der Waals surface area contributed by atoms with Gasteiger partial charge >= 0.3 is 6.09 Å². The summed E-state index contributed by atoms with van der Waals surface area (Å²) in [7, 11) is 0. The zero-order valence-electron chi connectivity index (χ0n) is 8.80. The molecule has 0 aliphatic heterocycles. The highest BCUT2D eigenvalue weighted by atomic mass is 16.4. The molecule has 0 radical (unpaired) electrons. The maximum absolute atomic E-state index is 11.8. The number of pyridine rings is 1. The Labute approximate surface area is 91.8 Å². The fraction of sp³-hybridized carbons (Fsp3) is 0.167. The van der Waals surface area contributed by atoms with Crippen molar-refractivity contribution >= 4 is 17.0 Å². The Morgan fingerprint density at radius 3 is 2.69 bits per heavy atom. The third-order valence-corrected chi connectivity index (χ3v) is 2.56. The summed E-state index contributed by atoms with van der Waals surface area (Å²) in [5.74, 6) is 0. The normalized spacial score (nSPS) is 10.6. The fourth-order valence-electron chi connectivity index (χ4n) is 1.76. The molecule has 0 atom stereocenters. The molecule has 1 aromatic carbocycles. The summed E-state index contributed by atoms with van der Waals surface area (Å²) < 4.78 is 0.800. The van der Waals surface area contributed by atoms with Crippen LogP contribution >= 0.6 is 0 Å². The zero-order chi connectivity index (χ0) is 11.7. The van der Waals surface area contributed by atoms with Gasteiger partial charge in [0, 0.05) is 5.56 Å². The number of fused-ring (bicyclic) bond motifs is 1. The minimum atomic E-state index is -1.24. The minimum Gasteiger partial charge on any atom is -0.464 e. The van der Waals surface area contributed by atoms with Gasteiger partial charge in [-0.15, -0.1) is 0 Å². The summed E-state index contributed by atoms with van der Waals surface area (Å²) in [6, 6.07) is 8.71. The molecule has 1 aromatic heterocycles. The average Bonchev–Trinajstić information content (AvgIpc) is 2.27. The molecule has 82 valence electrons. The summed E-state index contributed by atoms with van der Waals surface area (Å²) in [5.41, 5.74) is 0.493. The standard InChI is InChI=1S/C12H11NO3/c1-2-8-7-9-5-3-4-6-10(9)13(11(8)14)12(15)16/h3-7H,2H2,1H3,(H,15,16). The molecule has 0 amide bonds. The maximum Gasteiger partial charge on any atom is 0.419 e. The van der Waals surface area contributed by atoms with Crippen LogP contribution in [0, 0.1) is 0 Å². The minimum absolute atomic E-state index is 0.428. The first-order chi connectivity index (χ1) is 7.65. The van der Waals surface area contributed by atoms with Gasteiger partial charge < -0.3 is 5.11 Å². The molecule has 0 fully saturated rings. The van der Waals surface area contributed by atoms with Crippen molar-refractivity contribution < 1.29 is 9.90 Å². The van der Waals surface area contributed by atoms with Gasteiger partial charge in [-0.25, -0.2) is 9.36 Å². The molecule has 2 aromatic rings. The lowest BCUT2D eigenvalue weighted by atomic mass is 10.1. The molecule has 0 bridgehead atoms. The smallest absolute Gasteiger partial charge is 0.419 e.